The van der Waals surface area contributed by atoms with E-state index in [1.807, 2.05) is 0 Å². The third-order valence-corrected chi connectivity index (χ3v) is 3.91. The van der Waals surface area contributed by atoms with Crippen molar-refractivity contribution in [1.29, 1.82) is 0 Å². The van der Waals surface area contributed by atoms with Crippen molar-refractivity contribution in [1.82, 2.24) is 15.1 Å². The lowest BCUT2D eigenvalue weighted by atomic mass is 10.2. The quantitative estimate of drug-likeness (QED) is 0.748. The molecule has 0 aliphatic rings. The number of nitrogens with zero attached hydrogens (tertiary/aromatic N) is 2. The summed E-state index contributed by atoms with van der Waals surface area (Å²) in [5, 5.41) is 9.75. The molecule has 0 aliphatic heterocycles. The van der Waals surface area contributed by atoms with Crippen LogP contribution in [0.25, 0.3) is 0 Å². The number of hydrogen-bond acceptors (Lipinski definition) is 4. The Balaban J connectivity index is 1.76. The van der Waals surface area contributed by atoms with Crippen LogP contribution in [0.5, 0.6) is 0 Å². The monoisotopic (exact) mass is 382 g/mol. The molecule has 6 nitrogen and oxygen atoms in total. The smallest absolute Gasteiger partial charge is 0.282 e. The lowest BCUT2D eigenvalue weighted by molar-refractivity contribution is 0.0953. The zero-order valence-electron chi connectivity index (χ0n) is 12.5. The van der Waals surface area contributed by atoms with E-state index in [0.717, 1.165) is 0 Å². The molecular formula is C15H16BrFN4O2. The minimum absolute atomic E-state index is 0.223. The Hall–Kier alpha value is -2.22. The van der Waals surface area contributed by atoms with Crippen molar-refractivity contribution in [2.75, 3.05) is 18.4 Å². The number of carbonyl (C=O) groups is 1. The van der Waals surface area contributed by atoms with E-state index in [0.29, 0.717) is 35.2 Å². The summed E-state index contributed by atoms with van der Waals surface area (Å²) in [7, 11) is 1.57. The molecule has 0 unspecified atom stereocenters. The number of aromatic nitrogens is 2. The van der Waals surface area contributed by atoms with Crippen molar-refractivity contribution in [3.05, 3.63) is 56.7 Å². The zero-order chi connectivity index (χ0) is 16.8. The van der Waals surface area contributed by atoms with Crippen molar-refractivity contribution in [2.45, 2.75) is 6.42 Å². The molecule has 0 spiro atoms. The van der Waals surface area contributed by atoms with Gasteiger partial charge in [-0.2, -0.15) is 5.10 Å². The van der Waals surface area contributed by atoms with Gasteiger partial charge in [0.05, 0.1) is 11.9 Å². The van der Waals surface area contributed by atoms with E-state index in [1.165, 1.54) is 28.9 Å². The SMILES string of the molecule is Cn1ncc(NCCCNC(=O)c2ccc(F)cc2)c(Br)c1=O. The summed E-state index contributed by atoms with van der Waals surface area (Å²) in [5.41, 5.74) is 0.801. The van der Waals surface area contributed by atoms with E-state index < -0.39 is 0 Å². The number of amides is 1. The molecule has 0 aliphatic carbocycles. The van der Waals surface area contributed by atoms with Crippen molar-refractivity contribution in [3.8, 4) is 0 Å². The molecule has 122 valence electrons. The summed E-state index contributed by atoms with van der Waals surface area (Å²) in [4.78, 5) is 23.5. The Labute approximate surface area is 140 Å². The Morgan fingerprint density at radius 3 is 2.70 bits per heavy atom. The highest BCUT2D eigenvalue weighted by Crippen LogP contribution is 2.15. The first-order valence-corrected chi connectivity index (χ1v) is 7.78. The zero-order valence-corrected chi connectivity index (χ0v) is 14.1. The van der Waals surface area contributed by atoms with Crippen LogP contribution in [-0.2, 0) is 7.05 Å². The van der Waals surface area contributed by atoms with Crippen LogP contribution in [-0.4, -0.2) is 28.8 Å². The van der Waals surface area contributed by atoms with E-state index in [-0.39, 0.29) is 17.3 Å². The van der Waals surface area contributed by atoms with Gasteiger partial charge in [-0.3, -0.25) is 9.59 Å². The molecule has 1 amide bonds. The van der Waals surface area contributed by atoms with Crippen LogP contribution >= 0.6 is 15.9 Å². The Morgan fingerprint density at radius 2 is 2.00 bits per heavy atom. The minimum atomic E-state index is -0.376. The van der Waals surface area contributed by atoms with Gasteiger partial charge in [-0.25, -0.2) is 9.07 Å². The number of rotatable bonds is 6. The van der Waals surface area contributed by atoms with E-state index in [4.69, 9.17) is 0 Å². The highest BCUT2D eigenvalue weighted by Gasteiger charge is 2.07. The molecule has 1 heterocycles. The molecule has 0 saturated heterocycles. The molecule has 2 aromatic rings. The summed E-state index contributed by atoms with van der Waals surface area (Å²) >= 11 is 3.22. The molecule has 8 heteroatoms. The van der Waals surface area contributed by atoms with Gasteiger partial charge >= 0.3 is 0 Å². The second-order valence-electron chi connectivity index (χ2n) is 4.84. The summed E-state index contributed by atoms with van der Waals surface area (Å²) < 4.78 is 14.4. The topological polar surface area (TPSA) is 76.0 Å². The van der Waals surface area contributed by atoms with Crippen LogP contribution in [0.4, 0.5) is 10.1 Å². The molecule has 1 aromatic heterocycles. The fraction of sp³-hybridized carbons (Fsp3) is 0.267. The normalized spacial score (nSPS) is 10.4. The van der Waals surface area contributed by atoms with Gasteiger partial charge in [-0.1, -0.05) is 0 Å². The van der Waals surface area contributed by atoms with Gasteiger partial charge in [0.1, 0.15) is 10.3 Å². The van der Waals surface area contributed by atoms with Gasteiger partial charge < -0.3 is 10.6 Å². The molecule has 1 aromatic carbocycles. The van der Waals surface area contributed by atoms with Crippen LogP contribution in [0.2, 0.25) is 0 Å². The first-order valence-electron chi connectivity index (χ1n) is 6.98. The van der Waals surface area contributed by atoms with E-state index in [2.05, 4.69) is 31.7 Å². The van der Waals surface area contributed by atoms with Crippen molar-refractivity contribution in [3.63, 3.8) is 0 Å². The maximum Gasteiger partial charge on any atom is 0.282 e. The van der Waals surface area contributed by atoms with Crippen molar-refractivity contribution >= 4 is 27.5 Å². The summed E-state index contributed by atoms with van der Waals surface area (Å²) in [6, 6.07) is 5.37. The molecule has 0 fully saturated rings. The average Bonchev–Trinajstić information content (AvgIpc) is 2.54. The van der Waals surface area contributed by atoms with Crippen LogP contribution < -0.4 is 16.2 Å². The lowest BCUT2D eigenvalue weighted by Gasteiger charge is -2.09. The average molecular weight is 383 g/mol. The number of carbonyl (C=O) groups excluding carboxylic acids is 1. The van der Waals surface area contributed by atoms with Gasteiger partial charge in [0.15, 0.2) is 0 Å². The van der Waals surface area contributed by atoms with Crippen LogP contribution in [0, 0.1) is 5.82 Å². The maximum atomic E-state index is 12.8. The van der Waals surface area contributed by atoms with Crippen LogP contribution in [0.3, 0.4) is 0 Å². The Kier molecular flexibility index (Phi) is 5.86. The predicted octanol–water partition coefficient (Wildman–Crippen LogP) is 1.91. The number of nitrogens with one attached hydrogen (secondary N) is 2. The highest BCUT2D eigenvalue weighted by molar-refractivity contribution is 9.10. The number of halogens is 2. The molecule has 23 heavy (non-hydrogen) atoms. The number of hydrogen-bond donors (Lipinski definition) is 2. The molecule has 0 saturated carbocycles. The molecule has 0 atom stereocenters. The molecule has 0 radical (unpaired) electrons. The third kappa shape index (κ3) is 4.62. The Bertz CT molecular complexity index is 746. The first-order chi connectivity index (χ1) is 11.0. The van der Waals surface area contributed by atoms with Crippen molar-refractivity contribution < 1.29 is 9.18 Å². The fourth-order valence-electron chi connectivity index (χ4n) is 1.85. The first kappa shape index (κ1) is 17.1. The van der Waals surface area contributed by atoms with Gasteiger partial charge in [-0.05, 0) is 46.6 Å². The van der Waals surface area contributed by atoms with Crippen LogP contribution in [0.1, 0.15) is 16.8 Å². The van der Waals surface area contributed by atoms with Gasteiger partial charge in [0, 0.05) is 25.7 Å². The second-order valence-corrected chi connectivity index (χ2v) is 5.64. The highest BCUT2D eigenvalue weighted by atomic mass is 79.9. The summed E-state index contributed by atoms with van der Waals surface area (Å²) in [5.74, 6) is -0.625. The largest absolute Gasteiger partial charge is 0.383 e. The number of benzene rings is 1. The fourth-order valence-corrected chi connectivity index (χ4v) is 2.35. The standard InChI is InChI=1S/C15H16BrFN4O2/c1-21-15(23)13(16)12(9-20-21)18-7-2-8-19-14(22)10-3-5-11(17)6-4-10/h3-6,9,18H,2,7-8H2,1H3,(H,19,22). The van der Waals surface area contributed by atoms with Crippen molar-refractivity contribution in [2.24, 2.45) is 7.05 Å². The molecule has 2 rings (SSSR count). The predicted molar refractivity (Wildman–Crippen MR) is 89.0 cm³/mol. The summed E-state index contributed by atoms with van der Waals surface area (Å²) in [6.45, 7) is 1.02. The van der Waals surface area contributed by atoms with E-state index >= 15 is 0 Å². The van der Waals surface area contributed by atoms with E-state index in [1.54, 1.807) is 13.2 Å². The van der Waals surface area contributed by atoms with Crippen LogP contribution in [0.15, 0.2) is 39.7 Å². The number of anilines is 1. The minimum Gasteiger partial charge on any atom is -0.383 e. The van der Waals surface area contributed by atoms with Gasteiger partial charge in [0.2, 0.25) is 0 Å². The molecular weight excluding hydrogens is 367 g/mol. The second kappa shape index (κ2) is 7.87. The maximum absolute atomic E-state index is 12.8. The van der Waals surface area contributed by atoms with Gasteiger partial charge in [-0.15, -0.1) is 0 Å². The number of aryl methyl sites for hydroxylation is 1. The lowest BCUT2D eigenvalue weighted by Crippen LogP contribution is -2.26. The summed E-state index contributed by atoms with van der Waals surface area (Å²) in [6.07, 6.45) is 2.22. The third-order valence-electron chi connectivity index (χ3n) is 3.14. The Morgan fingerprint density at radius 1 is 1.30 bits per heavy atom. The van der Waals surface area contributed by atoms with Gasteiger partial charge in [0.25, 0.3) is 11.5 Å². The molecule has 2 N–H and O–H groups in total. The molecule has 0 bridgehead atoms. The van der Waals surface area contributed by atoms with E-state index in [9.17, 15) is 14.0 Å².